The molecule has 0 saturated heterocycles. The fraction of sp³-hybridized carbons (Fsp3) is 0.308. The van der Waals surface area contributed by atoms with E-state index in [-0.39, 0.29) is 11.1 Å². The molecule has 0 spiro atoms. The molecule has 0 unspecified atom stereocenters. The first kappa shape index (κ1) is 15.2. The number of fused-ring (bicyclic) bond motifs is 1. The quantitative estimate of drug-likeness (QED) is 0.932. The van der Waals surface area contributed by atoms with Crippen molar-refractivity contribution in [3.63, 3.8) is 0 Å². The van der Waals surface area contributed by atoms with Crippen molar-refractivity contribution in [1.29, 1.82) is 0 Å². The van der Waals surface area contributed by atoms with E-state index >= 15 is 0 Å². The lowest BCUT2D eigenvalue weighted by Gasteiger charge is -2.23. The van der Waals surface area contributed by atoms with Gasteiger partial charge in [-0.25, -0.2) is 0 Å². The number of rotatable bonds is 4. The molecule has 8 heteroatoms. The van der Waals surface area contributed by atoms with Crippen LogP contribution in [0.2, 0.25) is 0 Å². The standard InChI is InChI=1S/C13H12F3N3O2/c14-13(15,16)8-19(6-7-20)12(21)9-2-1-3-10-11(9)18-5-4-17-10/h1-5,20H,6-8H2. The van der Waals surface area contributed by atoms with E-state index in [0.29, 0.717) is 10.4 Å². The molecule has 1 amide bonds. The average Bonchev–Trinajstić information content (AvgIpc) is 2.44. The summed E-state index contributed by atoms with van der Waals surface area (Å²) < 4.78 is 37.5. The van der Waals surface area contributed by atoms with Crippen LogP contribution < -0.4 is 0 Å². The van der Waals surface area contributed by atoms with Crippen LogP contribution >= 0.6 is 0 Å². The zero-order chi connectivity index (χ0) is 15.5. The molecule has 1 heterocycles. The van der Waals surface area contributed by atoms with Gasteiger partial charge in [0.25, 0.3) is 5.91 Å². The van der Waals surface area contributed by atoms with Crippen LogP contribution in [0.15, 0.2) is 30.6 Å². The molecule has 0 atom stereocenters. The highest BCUT2D eigenvalue weighted by atomic mass is 19.4. The van der Waals surface area contributed by atoms with E-state index in [1.807, 2.05) is 0 Å². The number of carbonyl (C=O) groups excluding carboxylic acids is 1. The van der Waals surface area contributed by atoms with E-state index < -0.39 is 31.8 Å². The third-order valence-electron chi connectivity index (χ3n) is 2.76. The number of aromatic nitrogens is 2. The topological polar surface area (TPSA) is 66.3 Å². The second-order valence-corrected chi connectivity index (χ2v) is 4.30. The number of carbonyl (C=O) groups is 1. The molecule has 0 aliphatic carbocycles. The number of benzene rings is 1. The molecule has 0 fully saturated rings. The summed E-state index contributed by atoms with van der Waals surface area (Å²) in [6.45, 7) is -2.39. The Balaban J connectivity index is 2.39. The minimum Gasteiger partial charge on any atom is -0.395 e. The molecule has 0 bridgehead atoms. The summed E-state index contributed by atoms with van der Waals surface area (Å²) in [6, 6.07) is 4.52. The van der Waals surface area contributed by atoms with Gasteiger partial charge in [-0.3, -0.25) is 14.8 Å². The van der Waals surface area contributed by atoms with Gasteiger partial charge in [0.15, 0.2) is 0 Å². The van der Waals surface area contributed by atoms with Crippen molar-refractivity contribution in [2.75, 3.05) is 19.7 Å². The highest BCUT2D eigenvalue weighted by Crippen LogP contribution is 2.20. The largest absolute Gasteiger partial charge is 0.406 e. The maximum atomic E-state index is 12.5. The maximum Gasteiger partial charge on any atom is 0.406 e. The molecule has 0 aliphatic heterocycles. The molecular formula is C13H12F3N3O2. The molecule has 0 radical (unpaired) electrons. The summed E-state index contributed by atoms with van der Waals surface area (Å²) in [4.78, 5) is 20.8. The van der Waals surface area contributed by atoms with Crippen LogP contribution in [0.3, 0.4) is 0 Å². The first-order valence-electron chi connectivity index (χ1n) is 6.09. The minimum atomic E-state index is -4.54. The van der Waals surface area contributed by atoms with Gasteiger partial charge in [0.1, 0.15) is 12.1 Å². The number of aliphatic hydroxyl groups is 1. The van der Waals surface area contributed by atoms with Crippen LogP contribution in [-0.2, 0) is 0 Å². The molecule has 1 aromatic carbocycles. The van der Waals surface area contributed by atoms with E-state index in [1.54, 1.807) is 6.07 Å². The second kappa shape index (κ2) is 6.04. The van der Waals surface area contributed by atoms with Crippen molar-refractivity contribution >= 4 is 16.9 Å². The molecule has 21 heavy (non-hydrogen) atoms. The number of alkyl halides is 3. The van der Waals surface area contributed by atoms with Gasteiger partial charge in [-0.2, -0.15) is 13.2 Å². The molecule has 0 aliphatic rings. The van der Waals surface area contributed by atoms with Crippen LogP contribution in [-0.4, -0.2) is 51.8 Å². The van der Waals surface area contributed by atoms with Crippen LogP contribution in [0.1, 0.15) is 10.4 Å². The predicted molar refractivity (Wildman–Crippen MR) is 68.6 cm³/mol. The summed E-state index contributed by atoms with van der Waals surface area (Å²) in [5.74, 6) is -0.840. The zero-order valence-corrected chi connectivity index (χ0v) is 10.8. The summed E-state index contributed by atoms with van der Waals surface area (Å²) >= 11 is 0. The van der Waals surface area contributed by atoms with E-state index in [9.17, 15) is 18.0 Å². The second-order valence-electron chi connectivity index (χ2n) is 4.30. The molecule has 1 N–H and O–H groups in total. The Morgan fingerprint density at radius 2 is 1.95 bits per heavy atom. The van der Waals surface area contributed by atoms with E-state index in [1.165, 1.54) is 24.5 Å². The van der Waals surface area contributed by atoms with Gasteiger partial charge in [-0.1, -0.05) is 6.07 Å². The third-order valence-corrected chi connectivity index (χ3v) is 2.76. The van der Waals surface area contributed by atoms with E-state index in [4.69, 9.17) is 5.11 Å². The Kier molecular flexibility index (Phi) is 4.37. The van der Waals surface area contributed by atoms with Gasteiger partial charge in [-0.15, -0.1) is 0 Å². The van der Waals surface area contributed by atoms with Crippen molar-refractivity contribution in [3.8, 4) is 0 Å². The maximum absolute atomic E-state index is 12.5. The smallest absolute Gasteiger partial charge is 0.395 e. The minimum absolute atomic E-state index is 0.0262. The molecular weight excluding hydrogens is 287 g/mol. The fourth-order valence-corrected chi connectivity index (χ4v) is 1.93. The van der Waals surface area contributed by atoms with Crippen molar-refractivity contribution in [2.24, 2.45) is 0 Å². The lowest BCUT2D eigenvalue weighted by molar-refractivity contribution is -0.141. The highest BCUT2D eigenvalue weighted by Gasteiger charge is 2.33. The van der Waals surface area contributed by atoms with Crippen molar-refractivity contribution in [1.82, 2.24) is 14.9 Å². The molecule has 1 aromatic heterocycles. The van der Waals surface area contributed by atoms with Gasteiger partial charge < -0.3 is 10.0 Å². The van der Waals surface area contributed by atoms with Gasteiger partial charge in [0.05, 0.1) is 17.7 Å². The van der Waals surface area contributed by atoms with Crippen molar-refractivity contribution in [2.45, 2.75) is 6.18 Å². The van der Waals surface area contributed by atoms with Crippen LogP contribution in [0.25, 0.3) is 11.0 Å². The predicted octanol–water partition coefficient (Wildman–Crippen LogP) is 1.63. The Hall–Kier alpha value is -2.22. The Morgan fingerprint density at radius 3 is 2.62 bits per heavy atom. The summed E-state index contributed by atoms with van der Waals surface area (Å²) in [5.41, 5.74) is 0.674. The van der Waals surface area contributed by atoms with Crippen molar-refractivity contribution < 1.29 is 23.1 Å². The van der Waals surface area contributed by atoms with Crippen LogP contribution in [0.5, 0.6) is 0 Å². The fourth-order valence-electron chi connectivity index (χ4n) is 1.93. The van der Waals surface area contributed by atoms with Gasteiger partial charge in [-0.05, 0) is 12.1 Å². The molecule has 0 saturated carbocycles. The third kappa shape index (κ3) is 3.66. The SMILES string of the molecule is O=C(c1cccc2nccnc12)N(CCO)CC(F)(F)F. The molecule has 112 valence electrons. The van der Waals surface area contributed by atoms with Gasteiger partial charge >= 0.3 is 6.18 Å². The van der Waals surface area contributed by atoms with Crippen LogP contribution in [0, 0.1) is 0 Å². The normalized spacial score (nSPS) is 11.6. The Labute approximate surface area is 118 Å². The average molecular weight is 299 g/mol. The lowest BCUT2D eigenvalue weighted by Crippen LogP contribution is -2.40. The number of aliphatic hydroxyl groups excluding tert-OH is 1. The lowest BCUT2D eigenvalue weighted by atomic mass is 10.1. The number of nitrogens with zero attached hydrogens (tertiary/aromatic N) is 3. The first-order chi connectivity index (χ1) is 9.92. The molecule has 2 rings (SSSR count). The van der Waals surface area contributed by atoms with Gasteiger partial charge in [0, 0.05) is 18.9 Å². The monoisotopic (exact) mass is 299 g/mol. The number of hydrogen-bond donors (Lipinski definition) is 1. The molecule has 5 nitrogen and oxygen atoms in total. The first-order valence-corrected chi connectivity index (χ1v) is 6.09. The van der Waals surface area contributed by atoms with Gasteiger partial charge in [0.2, 0.25) is 0 Å². The zero-order valence-electron chi connectivity index (χ0n) is 10.8. The van der Waals surface area contributed by atoms with Crippen molar-refractivity contribution in [3.05, 3.63) is 36.2 Å². The number of para-hydroxylation sites is 1. The summed E-state index contributed by atoms with van der Waals surface area (Å²) in [7, 11) is 0. The Bertz CT molecular complexity index is 641. The highest BCUT2D eigenvalue weighted by molar-refractivity contribution is 6.04. The summed E-state index contributed by atoms with van der Waals surface area (Å²) in [5, 5.41) is 8.85. The van der Waals surface area contributed by atoms with E-state index in [2.05, 4.69) is 9.97 Å². The Morgan fingerprint density at radius 1 is 1.24 bits per heavy atom. The molecule has 2 aromatic rings. The summed E-state index contributed by atoms with van der Waals surface area (Å²) in [6.07, 6.45) is -1.75. The van der Waals surface area contributed by atoms with E-state index in [0.717, 1.165) is 0 Å². The van der Waals surface area contributed by atoms with Crippen LogP contribution in [0.4, 0.5) is 13.2 Å². The number of halogens is 3. The number of amides is 1. The number of hydrogen-bond acceptors (Lipinski definition) is 4.